The molecule has 1 aromatic heterocycles. The van der Waals surface area contributed by atoms with Crippen molar-refractivity contribution in [2.75, 3.05) is 13.2 Å². The first kappa shape index (κ1) is 19.9. The molecule has 0 radical (unpaired) electrons. The van der Waals surface area contributed by atoms with Gasteiger partial charge in [0.2, 0.25) is 0 Å². The predicted octanol–water partition coefficient (Wildman–Crippen LogP) is 2.26. The maximum absolute atomic E-state index is 9.55. The van der Waals surface area contributed by atoms with E-state index in [4.69, 9.17) is 14.9 Å². The summed E-state index contributed by atoms with van der Waals surface area (Å²) in [6.07, 6.45) is 10.6. The third-order valence-corrected chi connectivity index (χ3v) is 2.55. The Labute approximate surface area is 130 Å². The lowest BCUT2D eigenvalue weighted by Crippen LogP contribution is -1.98. The van der Waals surface area contributed by atoms with E-state index < -0.39 is 11.9 Å². The number of aromatic amines is 1. The van der Waals surface area contributed by atoms with Crippen molar-refractivity contribution < 1.29 is 24.5 Å². The standard InChI is InChI=1S/C11H20N2O.C4H4O4/c1-2-3-4-7-14-8-5-6-11-9-12-10-13-11;5-3(6)1-2-4(7)8/h9-10H,2-8H2,1H3,(H,12,13);1-2H,(H,5,6)(H,7,8)/b;2-1-. The molecule has 7 heteroatoms. The highest BCUT2D eigenvalue weighted by Crippen LogP contribution is 1.98. The summed E-state index contributed by atoms with van der Waals surface area (Å²) in [6, 6.07) is 0. The van der Waals surface area contributed by atoms with E-state index in [2.05, 4.69) is 16.9 Å². The minimum Gasteiger partial charge on any atom is -0.478 e. The Morgan fingerprint density at radius 2 is 1.82 bits per heavy atom. The number of hydrogen-bond donors (Lipinski definition) is 3. The van der Waals surface area contributed by atoms with Gasteiger partial charge in [0.1, 0.15) is 0 Å². The van der Waals surface area contributed by atoms with Crippen LogP contribution < -0.4 is 0 Å². The molecule has 0 spiro atoms. The van der Waals surface area contributed by atoms with E-state index in [1.165, 1.54) is 25.0 Å². The first-order valence-corrected chi connectivity index (χ1v) is 7.25. The summed E-state index contributed by atoms with van der Waals surface area (Å²) in [5, 5.41) is 15.6. The van der Waals surface area contributed by atoms with E-state index >= 15 is 0 Å². The van der Waals surface area contributed by atoms with E-state index in [1.54, 1.807) is 6.33 Å². The van der Waals surface area contributed by atoms with E-state index in [0.29, 0.717) is 12.2 Å². The molecule has 0 saturated carbocycles. The van der Waals surface area contributed by atoms with Crippen LogP contribution in [0.4, 0.5) is 0 Å². The molecule has 3 N–H and O–H groups in total. The molecular formula is C15H24N2O5. The number of aliphatic carboxylic acids is 2. The Hall–Kier alpha value is -2.15. The van der Waals surface area contributed by atoms with Gasteiger partial charge in [0.15, 0.2) is 0 Å². The SMILES string of the molecule is CCCCCOCCCc1cnc[nH]1.O=C(O)/C=C\C(=O)O. The Kier molecular flexibility index (Phi) is 12.5. The third-order valence-electron chi connectivity index (χ3n) is 2.55. The molecule has 1 heterocycles. The second-order valence-corrected chi connectivity index (χ2v) is 4.51. The van der Waals surface area contributed by atoms with Crippen LogP contribution in [0.1, 0.15) is 38.3 Å². The van der Waals surface area contributed by atoms with Crippen molar-refractivity contribution in [3.8, 4) is 0 Å². The summed E-state index contributed by atoms with van der Waals surface area (Å²) in [5.41, 5.74) is 1.20. The number of hydrogen-bond acceptors (Lipinski definition) is 4. The molecule has 0 aliphatic rings. The van der Waals surface area contributed by atoms with Crippen LogP contribution in [0.2, 0.25) is 0 Å². The highest BCUT2D eigenvalue weighted by Gasteiger charge is 1.94. The van der Waals surface area contributed by atoms with Gasteiger partial charge in [-0.15, -0.1) is 0 Å². The molecule has 124 valence electrons. The zero-order chi connectivity index (χ0) is 16.6. The number of rotatable bonds is 10. The van der Waals surface area contributed by atoms with Crippen molar-refractivity contribution in [2.24, 2.45) is 0 Å². The summed E-state index contributed by atoms with van der Waals surface area (Å²) in [4.78, 5) is 26.2. The maximum atomic E-state index is 9.55. The number of aromatic nitrogens is 2. The fourth-order valence-electron chi connectivity index (χ4n) is 1.48. The molecule has 0 aliphatic heterocycles. The molecule has 0 unspecified atom stereocenters. The number of aryl methyl sites for hydroxylation is 1. The van der Waals surface area contributed by atoms with Crippen molar-refractivity contribution in [3.05, 3.63) is 30.4 Å². The van der Waals surface area contributed by atoms with Crippen molar-refractivity contribution in [2.45, 2.75) is 39.0 Å². The number of ether oxygens (including phenoxy) is 1. The van der Waals surface area contributed by atoms with E-state index in [-0.39, 0.29) is 0 Å². The smallest absolute Gasteiger partial charge is 0.328 e. The average Bonchev–Trinajstić information content (AvgIpc) is 2.98. The fourth-order valence-corrected chi connectivity index (χ4v) is 1.48. The number of H-pyrrole nitrogens is 1. The minimum absolute atomic E-state index is 0.558. The van der Waals surface area contributed by atoms with Gasteiger partial charge in [-0.25, -0.2) is 14.6 Å². The Morgan fingerprint density at radius 1 is 1.18 bits per heavy atom. The minimum atomic E-state index is -1.26. The number of carboxylic acids is 2. The summed E-state index contributed by atoms with van der Waals surface area (Å²) in [7, 11) is 0. The van der Waals surface area contributed by atoms with Crippen molar-refractivity contribution in [1.82, 2.24) is 9.97 Å². The van der Waals surface area contributed by atoms with E-state index in [1.807, 2.05) is 6.20 Å². The van der Waals surface area contributed by atoms with Gasteiger partial charge < -0.3 is 19.9 Å². The Bertz CT molecular complexity index is 413. The van der Waals surface area contributed by atoms with Crippen LogP contribution in [-0.2, 0) is 20.7 Å². The molecular weight excluding hydrogens is 288 g/mol. The number of carboxylic acid groups (broad SMARTS) is 2. The number of nitrogens with one attached hydrogen (secondary N) is 1. The van der Waals surface area contributed by atoms with Gasteiger partial charge in [-0.3, -0.25) is 0 Å². The Balaban J connectivity index is 0.000000472. The third kappa shape index (κ3) is 14.3. The number of nitrogens with zero attached hydrogens (tertiary/aromatic N) is 1. The summed E-state index contributed by atoms with van der Waals surface area (Å²) < 4.78 is 5.50. The Morgan fingerprint density at radius 3 is 2.32 bits per heavy atom. The second-order valence-electron chi connectivity index (χ2n) is 4.51. The van der Waals surface area contributed by atoms with Crippen LogP contribution in [0.15, 0.2) is 24.7 Å². The highest BCUT2D eigenvalue weighted by molar-refractivity contribution is 5.89. The topological polar surface area (TPSA) is 113 Å². The molecule has 0 aromatic carbocycles. The molecule has 1 aromatic rings. The lowest BCUT2D eigenvalue weighted by atomic mass is 10.2. The van der Waals surface area contributed by atoms with Crippen LogP contribution in [0.3, 0.4) is 0 Å². The van der Waals surface area contributed by atoms with Gasteiger partial charge in [-0.1, -0.05) is 19.8 Å². The fraction of sp³-hybridized carbons (Fsp3) is 0.533. The summed E-state index contributed by atoms with van der Waals surface area (Å²) in [5.74, 6) is -2.51. The zero-order valence-electron chi connectivity index (χ0n) is 12.8. The van der Waals surface area contributed by atoms with Crippen molar-refractivity contribution in [1.29, 1.82) is 0 Å². The average molecular weight is 312 g/mol. The molecule has 0 aliphatic carbocycles. The predicted molar refractivity (Wildman–Crippen MR) is 81.7 cm³/mol. The highest BCUT2D eigenvalue weighted by atomic mass is 16.5. The monoisotopic (exact) mass is 312 g/mol. The van der Waals surface area contributed by atoms with Crippen LogP contribution in [0.25, 0.3) is 0 Å². The largest absolute Gasteiger partial charge is 0.478 e. The normalized spacial score (nSPS) is 10.2. The molecule has 7 nitrogen and oxygen atoms in total. The molecule has 0 fully saturated rings. The molecule has 0 bridgehead atoms. The first-order valence-electron chi connectivity index (χ1n) is 7.25. The zero-order valence-corrected chi connectivity index (χ0v) is 12.8. The first-order chi connectivity index (χ1) is 10.6. The van der Waals surface area contributed by atoms with Crippen LogP contribution in [0, 0.1) is 0 Å². The van der Waals surface area contributed by atoms with Gasteiger partial charge >= 0.3 is 11.9 Å². The van der Waals surface area contributed by atoms with Crippen molar-refractivity contribution >= 4 is 11.9 Å². The number of unbranched alkanes of at least 4 members (excludes halogenated alkanes) is 2. The van der Waals surface area contributed by atoms with Gasteiger partial charge in [-0.05, 0) is 19.3 Å². The van der Waals surface area contributed by atoms with Crippen LogP contribution >= 0.6 is 0 Å². The number of imidazole rings is 1. The van der Waals surface area contributed by atoms with Gasteiger partial charge in [-0.2, -0.15) is 0 Å². The van der Waals surface area contributed by atoms with Gasteiger partial charge in [0.05, 0.1) is 6.33 Å². The summed E-state index contributed by atoms with van der Waals surface area (Å²) in [6.45, 7) is 3.98. The quantitative estimate of drug-likeness (QED) is 0.451. The molecule has 0 amide bonds. The second kappa shape index (κ2) is 13.8. The molecule has 0 atom stereocenters. The lowest BCUT2D eigenvalue weighted by Gasteiger charge is -2.02. The number of carbonyl (C=O) groups is 2. The van der Waals surface area contributed by atoms with E-state index in [0.717, 1.165) is 26.1 Å². The molecule has 22 heavy (non-hydrogen) atoms. The molecule has 0 saturated heterocycles. The molecule has 1 rings (SSSR count). The van der Waals surface area contributed by atoms with Crippen LogP contribution in [-0.4, -0.2) is 45.3 Å². The van der Waals surface area contributed by atoms with Crippen molar-refractivity contribution in [3.63, 3.8) is 0 Å². The van der Waals surface area contributed by atoms with Gasteiger partial charge in [0.25, 0.3) is 0 Å². The van der Waals surface area contributed by atoms with Crippen LogP contribution in [0.5, 0.6) is 0 Å². The maximum Gasteiger partial charge on any atom is 0.328 e. The van der Waals surface area contributed by atoms with E-state index in [9.17, 15) is 9.59 Å². The lowest BCUT2D eigenvalue weighted by molar-refractivity contribution is -0.134. The van der Waals surface area contributed by atoms with Gasteiger partial charge in [0, 0.05) is 37.3 Å². The summed E-state index contributed by atoms with van der Waals surface area (Å²) >= 11 is 0.